The maximum Gasteiger partial charge on any atom is 0.200 e. The van der Waals surface area contributed by atoms with Crippen LogP contribution in [-0.4, -0.2) is 26.3 Å². The van der Waals surface area contributed by atoms with E-state index in [1.54, 1.807) is 13.4 Å². The van der Waals surface area contributed by atoms with Crippen molar-refractivity contribution in [3.63, 3.8) is 0 Å². The van der Waals surface area contributed by atoms with Gasteiger partial charge >= 0.3 is 0 Å². The van der Waals surface area contributed by atoms with Crippen LogP contribution in [0.4, 0.5) is 4.79 Å². The van der Waals surface area contributed by atoms with Crippen LogP contribution >= 0.6 is 0 Å². The van der Waals surface area contributed by atoms with E-state index in [0.717, 1.165) is 19.3 Å². The first kappa shape index (κ1) is 9.17. The lowest BCUT2D eigenvalue weighted by Gasteiger charge is -2.39. The molecule has 0 aromatic heterocycles. The third kappa shape index (κ3) is 2.03. The molecular weight excluding hydrogens is 153 g/mol. The van der Waals surface area contributed by atoms with Crippen molar-refractivity contribution in [1.82, 2.24) is 5.32 Å². The van der Waals surface area contributed by atoms with E-state index in [0.29, 0.717) is 0 Å². The summed E-state index contributed by atoms with van der Waals surface area (Å²) in [6.07, 6.45) is 6.43. The van der Waals surface area contributed by atoms with Gasteiger partial charge in [-0.3, -0.25) is 4.79 Å². The van der Waals surface area contributed by atoms with Gasteiger partial charge in [0.15, 0.2) is 5.81 Å². The summed E-state index contributed by atoms with van der Waals surface area (Å²) in [5.41, 5.74) is -0.234. The van der Waals surface area contributed by atoms with E-state index >= 15 is 0 Å². The van der Waals surface area contributed by atoms with Crippen LogP contribution in [0.3, 0.4) is 0 Å². The highest BCUT2D eigenvalue weighted by Crippen LogP contribution is 2.32. The summed E-state index contributed by atoms with van der Waals surface area (Å²) in [5, 5.41) is 2.70. The van der Waals surface area contributed by atoms with Gasteiger partial charge in [-0.15, -0.1) is 0 Å². The Hall–Kier alpha value is -0.925. The zero-order valence-electron chi connectivity index (χ0n) is 7.17. The van der Waals surface area contributed by atoms with Crippen molar-refractivity contribution in [2.24, 2.45) is 0 Å². The van der Waals surface area contributed by atoms with E-state index in [2.05, 4.69) is 5.32 Å². The molecular formula is C8H12BNO2. The molecule has 1 N–H and O–H groups in total. The second-order valence-corrected chi connectivity index (χ2v) is 3.04. The van der Waals surface area contributed by atoms with E-state index in [1.165, 1.54) is 0 Å². The normalized spacial score (nSPS) is 20.1. The van der Waals surface area contributed by atoms with Crippen LogP contribution < -0.4 is 5.32 Å². The molecule has 1 aliphatic carbocycles. The van der Waals surface area contributed by atoms with Crippen molar-refractivity contribution in [1.29, 1.82) is 0 Å². The van der Waals surface area contributed by atoms with Crippen molar-refractivity contribution in [2.45, 2.75) is 24.8 Å². The second kappa shape index (κ2) is 3.65. The van der Waals surface area contributed by atoms with Crippen LogP contribution in [0, 0.1) is 0 Å². The molecule has 0 spiro atoms. The largest absolute Gasteiger partial charge is 0.505 e. The third-order valence-electron chi connectivity index (χ3n) is 2.14. The summed E-state index contributed by atoms with van der Waals surface area (Å²) in [5.74, 6) is -0.476. The maximum atomic E-state index is 10.6. The van der Waals surface area contributed by atoms with Gasteiger partial charge in [-0.2, -0.15) is 0 Å². The van der Waals surface area contributed by atoms with Crippen LogP contribution in [0.25, 0.3) is 0 Å². The molecule has 0 aliphatic heterocycles. The standard InChI is InChI=1S/C8H12BNO2/c1-12-6-5-8(3-2-4-8)10-7(9)11/h5-6H,2-4H2,1H3,(H,10,11)/b6-5+. The summed E-state index contributed by atoms with van der Waals surface area (Å²) >= 11 is 0. The lowest BCUT2D eigenvalue weighted by molar-refractivity contribution is 0.221. The second-order valence-electron chi connectivity index (χ2n) is 3.04. The van der Waals surface area contributed by atoms with Gasteiger partial charge in [0.05, 0.1) is 18.9 Å². The Labute approximate surface area is 73.6 Å². The quantitative estimate of drug-likeness (QED) is 0.499. The zero-order chi connectivity index (χ0) is 9.03. The minimum Gasteiger partial charge on any atom is -0.505 e. The minimum atomic E-state index is -0.476. The van der Waals surface area contributed by atoms with Crippen molar-refractivity contribution < 1.29 is 9.53 Å². The van der Waals surface area contributed by atoms with Crippen LogP contribution in [0.2, 0.25) is 0 Å². The topological polar surface area (TPSA) is 38.3 Å². The Bertz CT molecular complexity index is 199. The maximum absolute atomic E-state index is 10.6. The number of nitrogens with one attached hydrogen (secondary N) is 1. The number of methoxy groups -OCH3 is 1. The van der Waals surface area contributed by atoms with Crippen molar-refractivity contribution >= 4 is 13.7 Å². The van der Waals surface area contributed by atoms with Gasteiger partial charge in [-0.25, -0.2) is 0 Å². The number of carbonyl (C=O) groups is 1. The molecule has 1 saturated carbocycles. The fourth-order valence-electron chi connectivity index (χ4n) is 1.33. The Kier molecular flexibility index (Phi) is 2.79. The summed E-state index contributed by atoms with van der Waals surface area (Å²) in [7, 11) is 6.61. The number of ether oxygens (including phenoxy) is 1. The number of amides is 1. The predicted molar refractivity (Wildman–Crippen MR) is 47.0 cm³/mol. The molecule has 0 atom stereocenters. The Morgan fingerprint density at radius 1 is 1.67 bits per heavy atom. The van der Waals surface area contributed by atoms with Crippen LogP contribution in [0.5, 0.6) is 0 Å². The highest BCUT2D eigenvalue weighted by atomic mass is 16.5. The lowest BCUT2D eigenvalue weighted by Crippen LogP contribution is -2.51. The monoisotopic (exact) mass is 165 g/mol. The summed E-state index contributed by atoms with van der Waals surface area (Å²) in [6, 6.07) is 0. The predicted octanol–water partition coefficient (Wildman–Crippen LogP) is 0.947. The fraction of sp³-hybridized carbons (Fsp3) is 0.625. The molecule has 1 amide bonds. The average Bonchev–Trinajstić information content (AvgIpc) is 1.94. The van der Waals surface area contributed by atoms with Crippen LogP contribution in [-0.2, 0) is 4.74 Å². The van der Waals surface area contributed by atoms with Gasteiger partial charge in [-0.1, -0.05) is 0 Å². The first-order chi connectivity index (χ1) is 5.68. The fourth-order valence-corrected chi connectivity index (χ4v) is 1.33. The van der Waals surface area contributed by atoms with Crippen molar-refractivity contribution in [3.8, 4) is 0 Å². The molecule has 0 unspecified atom stereocenters. The Balaban J connectivity index is 2.50. The van der Waals surface area contributed by atoms with Gasteiger partial charge in [0.25, 0.3) is 0 Å². The molecule has 0 saturated heterocycles. The smallest absolute Gasteiger partial charge is 0.200 e. The van der Waals surface area contributed by atoms with Crippen molar-refractivity contribution in [3.05, 3.63) is 12.3 Å². The lowest BCUT2D eigenvalue weighted by atomic mass is 9.76. The minimum absolute atomic E-state index is 0.234. The molecule has 1 rings (SSSR count). The number of hydrogen-bond donors (Lipinski definition) is 1. The summed E-state index contributed by atoms with van der Waals surface area (Å²) in [4.78, 5) is 10.6. The molecule has 4 heteroatoms. The molecule has 0 aromatic carbocycles. The molecule has 3 nitrogen and oxygen atoms in total. The first-order valence-electron chi connectivity index (χ1n) is 3.97. The summed E-state index contributed by atoms with van der Waals surface area (Å²) in [6.45, 7) is 0. The molecule has 64 valence electrons. The van der Waals surface area contributed by atoms with E-state index in [1.807, 2.05) is 6.08 Å². The molecule has 1 fully saturated rings. The van der Waals surface area contributed by atoms with Gasteiger partial charge in [0.2, 0.25) is 7.85 Å². The van der Waals surface area contributed by atoms with Gasteiger partial charge < -0.3 is 10.1 Å². The number of carbonyl (C=O) groups excluding carboxylic acids is 1. The molecule has 12 heavy (non-hydrogen) atoms. The molecule has 0 aromatic rings. The Morgan fingerprint density at radius 2 is 2.33 bits per heavy atom. The van der Waals surface area contributed by atoms with Gasteiger partial charge in [0, 0.05) is 0 Å². The van der Waals surface area contributed by atoms with E-state index in [-0.39, 0.29) is 5.54 Å². The number of rotatable bonds is 3. The summed E-state index contributed by atoms with van der Waals surface area (Å²) < 4.78 is 4.78. The molecule has 2 radical (unpaired) electrons. The molecule has 0 heterocycles. The van der Waals surface area contributed by atoms with Gasteiger partial charge in [-0.05, 0) is 25.3 Å². The van der Waals surface area contributed by atoms with Gasteiger partial charge in [0.1, 0.15) is 0 Å². The van der Waals surface area contributed by atoms with Crippen LogP contribution in [0.1, 0.15) is 19.3 Å². The highest BCUT2D eigenvalue weighted by Gasteiger charge is 2.34. The first-order valence-corrected chi connectivity index (χ1v) is 3.97. The van der Waals surface area contributed by atoms with E-state index in [9.17, 15) is 4.79 Å². The Morgan fingerprint density at radius 3 is 2.67 bits per heavy atom. The molecule has 0 bridgehead atoms. The van der Waals surface area contributed by atoms with Crippen molar-refractivity contribution in [2.75, 3.05) is 7.11 Å². The third-order valence-corrected chi connectivity index (χ3v) is 2.14. The SMILES string of the molecule is [B]C(=O)NC1(/C=C/OC)CCC1. The van der Waals surface area contributed by atoms with E-state index in [4.69, 9.17) is 12.6 Å². The van der Waals surface area contributed by atoms with Crippen LogP contribution in [0.15, 0.2) is 12.3 Å². The molecule has 1 aliphatic rings. The average molecular weight is 165 g/mol. The number of hydrogen-bond acceptors (Lipinski definition) is 2. The zero-order valence-corrected chi connectivity index (χ0v) is 7.17. The van der Waals surface area contributed by atoms with E-state index < -0.39 is 5.81 Å². The highest BCUT2D eigenvalue weighted by molar-refractivity contribution is 6.57.